The number of sulfonamides is 2. The highest BCUT2D eigenvalue weighted by atomic mass is 35.5. The van der Waals surface area contributed by atoms with E-state index in [2.05, 4.69) is 5.32 Å². The first-order valence-electron chi connectivity index (χ1n) is 11.9. The highest BCUT2D eigenvalue weighted by molar-refractivity contribution is 7.89. The number of nitrogens with zero attached hydrogens (tertiary/aromatic N) is 2. The van der Waals surface area contributed by atoms with E-state index in [1.807, 2.05) is 0 Å². The van der Waals surface area contributed by atoms with Gasteiger partial charge in [0.1, 0.15) is 0 Å². The fourth-order valence-electron chi connectivity index (χ4n) is 4.43. The van der Waals surface area contributed by atoms with Gasteiger partial charge >= 0.3 is 0 Å². The molecule has 0 atom stereocenters. The molecule has 8 nitrogen and oxygen atoms in total. The average molecular weight is 540 g/mol. The van der Waals surface area contributed by atoms with Gasteiger partial charge in [0, 0.05) is 31.9 Å². The summed E-state index contributed by atoms with van der Waals surface area (Å²) in [5, 5.41) is 2.81. The van der Waals surface area contributed by atoms with Gasteiger partial charge in [0.05, 0.1) is 20.4 Å². The Morgan fingerprint density at radius 2 is 1.14 bits per heavy atom. The number of piperidine rings is 1. The lowest BCUT2D eigenvalue weighted by Crippen LogP contribution is -2.35. The van der Waals surface area contributed by atoms with Crippen LogP contribution in [0, 0.1) is 0 Å². The highest BCUT2D eigenvalue weighted by Gasteiger charge is 2.28. The molecule has 0 spiro atoms. The second-order valence-electron chi connectivity index (χ2n) is 8.90. The monoisotopic (exact) mass is 539 g/mol. The molecule has 1 amide bonds. The van der Waals surface area contributed by atoms with E-state index in [0.29, 0.717) is 31.9 Å². The molecule has 2 saturated heterocycles. The van der Waals surface area contributed by atoms with Crippen molar-refractivity contribution in [1.82, 2.24) is 8.61 Å². The molecular weight excluding hydrogens is 510 g/mol. The minimum atomic E-state index is -3.74. The second-order valence-corrected chi connectivity index (χ2v) is 13.2. The van der Waals surface area contributed by atoms with Gasteiger partial charge < -0.3 is 5.32 Å². The zero-order valence-electron chi connectivity index (χ0n) is 19.4. The van der Waals surface area contributed by atoms with Gasteiger partial charge in [0.2, 0.25) is 20.0 Å². The Morgan fingerprint density at radius 3 is 1.69 bits per heavy atom. The number of nitrogens with one attached hydrogen (secondary N) is 1. The molecule has 0 radical (unpaired) electrons. The third-order valence-corrected chi connectivity index (χ3v) is 10.6. The lowest BCUT2D eigenvalue weighted by Gasteiger charge is -2.25. The highest BCUT2D eigenvalue weighted by Crippen LogP contribution is 2.27. The van der Waals surface area contributed by atoms with Crippen LogP contribution in [0.5, 0.6) is 0 Å². The molecule has 4 rings (SSSR count). The van der Waals surface area contributed by atoms with Crippen molar-refractivity contribution < 1.29 is 21.6 Å². The topological polar surface area (TPSA) is 104 Å². The zero-order valence-corrected chi connectivity index (χ0v) is 21.8. The molecule has 2 aromatic rings. The van der Waals surface area contributed by atoms with Crippen molar-refractivity contribution in [1.29, 1.82) is 0 Å². The Kier molecular flexibility index (Phi) is 8.17. The summed E-state index contributed by atoms with van der Waals surface area (Å²) >= 11 is 6.24. The molecule has 11 heteroatoms. The van der Waals surface area contributed by atoms with E-state index in [1.54, 1.807) is 0 Å². The van der Waals surface area contributed by atoms with Crippen molar-refractivity contribution in [3.63, 3.8) is 0 Å². The maximum Gasteiger partial charge on any atom is 0.257 e. The largest absolute Gasteiger partial charge is 0.322 e. The van der Waals surface area contributed by atoms with Crippen LogP contribution >= 0.6 is 11.6 Å². The van der Waals surface area contributed by atoms with Crippen LogP contribution in [0.3, 0.4) is 0 Å². The lowest BCUT2D eigenvalue weighted by atomic mass is 10.2. The summed E-state index contributed by atoms with van der Waals surface area (Å²) in [7, 11) is -7.31. The van der Waals surface area contributed by atoms with E-state index in [4.69, 9.17) is 11.6 Å². The van der Waals surface area contributed by atoms with Crippen LogP contribution in [-0.2, 0) is 20.0 Å². The van der Waals surface area contributed by atoms with Crippen molar-refractivity contribution >= 4 is 43.2 Å². The molecule has 35 heavy (non-hydrogen) atoms. The minimum absolute atomic E-state index is 0.0249. The fraction of sp³-hybridized carbons (Fsp3) is 0.458. The SMILES string of the molecule is O=C(Nc1ccc(S(=O)(=O)N2CCCCC2)cc1)c1cc(S(=O)(=O)N2CCCCCC2)ccc1Cl. The molecule has 0 saturated carbocycles. The summed E-state index contributed by atoms with van der Waals surface area (Å²) in [6.45, 7) is 1.93. The van der Waals surface area contributed by atoms with Crippen molar-refractivity contribution in [2.75, 3.05) is 31.5 Å². The van der Waals surface area contributed by atoms with Crippen molar-refractivity contribution in [2.45, 2.75) is 54.7 Å². The summed E-state index contributed by atoms with van der Waals surface area (Å²) in [6, 6.07) is 10.1. The first kappa shape index (κ1) is 26.1. The van der Waals surface area contributed by atoms with Crippen LogP contribution in [-0.4, -0.2) is 57.5 Å². The van der Waals surface area contributed by atoms with Gasteiger partial charge in [-0.25, -0.2) is 16.8 Å². The van der Waals surface area contributed by atoms with E-state index in [1.165, 1.54) is 51.1 Å². The summed E-state index contributed by atoms with van der Waals surface area (Å²) in [5.41, 5.74) is 0.414. The summed E-state index contributed by atoms with van der Waals surface area (Å²) in [5.74, 6) is -0.574. The van der Waals surface area contributed by atoms with Gasteiger partial charge in [-0.1, -0.05) is 30.9 Å². The third kappa shape index (κ3) is 5.89. The smallest absolute Gasteiger partial charge is 0.257 e. The molecule has 1 N–H and O–H groups in total. The van der Waals surface area contributed by atoms with Crippen molar-refractivity contribution in [3.8, 4) is 0 Å². The van der Waals surface area contributed by atoms with E-state index in [0.717, 1.165) is 44.9 Å². The number of anilines is 1. The van der Waals surface area contributed by atoms with E-state index in [9.17, 15) is 21.6 Å². The maximum absolute atomic E-state index is 13.1. The van der Waals surface area contributed by atoms with Gasteiger partial charge in [-0.3, -0.25) is 4.79 Å². The number of carbonyl (C=O) groups excluding carboxylic acids is 1. The van der Waals surface area contributed by atoms with E-state index in [-0.39, 0.29) is 20.4 Å². The number of rotatable bonds is 6. The maximum atomic E-state index is 13.1. The number of hydrogen-bond donors (Lipinski definition) is 1. The number of amides is 1. The molecule has 2 fully saturated rings. The molecule has 0 unspecified atom stereocenters. The molecule has 0 aliphatic carbocycles. The van der Waals surface area contributed by atoms with Crippen LogP contribution in [0.4, 0.5) is 5.69 Å². The second kappa shape index (κ2) is 11.0. The predicted octanol–water partition coefficient (Wildman–Crippen LogP) is 4.33. The van der Waals surface area contributed by atoms with Crippen LogP contribution in [0.1, 0.15) is 55.3 Å². The Morgan fingerprint density at radius 1 is 0.686 bits per heavy atom. The normalized spacial score (nSPS) is 18.7. The quantitative estimate of drug-likeness (QED) is 0.588. The van der Waals surface area contributed by atoms with Crippen LogP contribution in [0.25, 0.3) is 0 Å². The van der Waals surface area contributed by atoms with Gasteiger partial charge in [0.15, 0.2) is 0 Å². The van der Waals surface area contributed by atoms with Gasteiger partial charge in [0.25, 0.3) is 5.91 Å². The van der Waals surface area contributed by atoms with E-state index < -0.39 is 26.0 Å². The molecule has 0 aromatic heterocycles. The molecule has 2 aliphatic rings. The standard InChI is InChI=1S/C24H30ClN3O5S2/c25-23-13-12-21(35(32,33)28-14-4-1-2-5-15-28)18-22(23)24(29)26-19-8-10-20(11-9-19)34(30,31)27-16-6-3-7-17-27/h8-13,18H,1-7,14-17H2,(H,26,29). The number of hydrogen-bond acceptors (Lipinski definition) is 5. The fourth-order valence-corrected chi connectivity index (χ4v) is 7.70. The molecular formula is C24H30ClN3O5S2. The summed E-state index contributed by atoms with van der Waals surface area (Å²) in [6.07, 6.45) is 6.34. The number of benzene rings is 2. The molecule has 0 bridgehead atoms. The summed E-state index contributed by atoms with van der Waals surface area (Å²) < 4.78 is 54.9. The third-order valence-electron chi connectivity index (χ3n) is 6.45. The average Bonchev–Trinajstić information content (AvgIpc) is 3.15. The minimum Gasteiger partial charge on any atom is -0.322 e. The van der Waals surface area contributed by atoms with Gasteiger partial charge in [-0.2, -0.15) is 8.61 Å². The predicted molar refractivity (Wildman–Crippen MR) is 136 cm³/mol. The Bertz CT molecular complexity index is 1270. The Hall–Kier alpha value is -1.98. The van der Waals surface area contributed by atoms with Gasteiger partial charge in [-0.05, 0) is 68.1 Å². The zero-order chi connectivity index (χ0) is 25.1. The van der Waals surface area contributed by atoms with E-state index >= 15 is 0 Å². The lowest BCUT2D eigenvalue weighted by molar-refractivity contribution is 0.102. The first-order valence-corrected chi connectivity index (χ1v) is 15.2. The van der Waals surface area contributed by atoms with Gasteiger partial charge in [-0.15, -0.1) is 0 Å². The molecule has 190 valence electrons. The Labute approximate surface area is 212 Å². The van der Waals surface area contributed by atoms with Crippen LogP contribution in [0.2, 0.25) is 5.02 Å². The first-order chi connectivity index (χ1) is 16.7. The molecule has 2 aliphatic heterocycles. The molecule has 2 heterocycles. The number of halogens is 1. The van der Waals surface area contributed by atoms with Crippen LogP contribution < -0.4 is 5.32 Å². The Balaban J connectivity index is 1.51. The molecule has 2 aromatic carbocycles. The number of carbonyl (C=O) groups is 1. The summed E-state index contributed by atoms with van der Waals surface area (Å²) in [4.78, 5) is 13.1. The van der Waals surface area contributed by atoms with Crippen molar-refractivity contribution in [3.05, 3.63) is 53.1 Å². The van der Waals surface area contributed by atoms with Crippen molar-refractivity contribution in [2.24, 2.45) is 0 Å². The van der Waals surface area contributed by atoms with Crippen LogP contribution in [0.15, 0.2) is 52.3 Å².